The lowest BCUT2D eigenvalue weighted by molar-refractivity contribution is -0.136. The molecule has 0 unspecified atom stereocenters. The van der Waals surface area contributed by atoms with Crippen LogP contribution in [-0.2, 0) is 11.2 Å². The van der Waals surface area contributed by atoms with Crippen LogP contribution in [0.3, 0.4) is 0 Å². The molecule has 0 saturated heterocycles. The number of amides is 1. The van der Waals surface area contributed by atoms with E-state index in [9.17, 15) is 9.59 Å². The van der Waals surface area contributed by atoms with Gasteiger partial charge in [-0.05, 0) is 48.1 Å². The van der Waals surface area contributed by atoms with Crippen LogP contribution in [0.2, 0.25) is 0 Å². The average Bonchev–Trinajstić information content (AvgIpc) is 2.48. The predicted molar refractivity (Wildman–Crippen MR) is 85.0 cm³/mol. The monoisotopic (exact) mass is 297 g/mol. The normalized spacial score (nSPS) is 14.5. The molecular formula is C18H19NO3. The molecule has 114 valence electrons. The summed E-state index contributed by atoms with van der Waals surface area (Å²) in [4.78, 5) is 23.4. The van der Waals surface area contributed by atoms with Gasteiger partial charge in [-0.15, -0.1) is 0 Å². The van der Waals surface area contributed by atoms with Gasteiger partial charge in [0, 0.05) is 18.0 Å². The van der Waals surface area contributed by atoms with E-state index in [1.165, 1.54) is 0 Å². The largest absolute Gasteiger partial charge is 0.481 e. The summed E-state index contributed by atoms with van der Waals surface area (Å²) in [6.45, 7) is 0. The molecule has 1 fully saturated rings. The van der Waals surface area contributed by atoms with Crippen LogP contribution < -0.4 is 5.32 Å². The van der Waals surface area contributed by atoms with Crippen molar-refractivity contribution < 1.29 is 14.7 Å². The van der Waals surface area contributed by atoms with Gasteiger partial charge in [0.1, 0.15) is 0 Å². The molecule has 0 atom stereocenters. The molecule has 0 aliphatic heterocycles. The maximum atomic E-state index is 12.5. The SMILES string of the molecule is O=C(O)CCc1c(C(=O)NC2CCC2)ccc2ccccc12. The van der Waals surface area contributed by atoms with E-state index >= 15 is 0 Å². The molecule has 2 aromatic rings. The molecule has 4 nitrogen and oxygen atoms in total. The summed E-state index contributed by atoms with van der Waals surface area (Å²) in [7, 11) is 0. The maximum Gasteiger partial charge on any atom is 0.303 e. The number of nitrogens with one attached hydrogen (secondary N) is 1. The molecular weight excluding hydrogens is 278 g/mol. The number of aryl methyl sites for hydroxylation is 1. The topological polar surface area (TPSA) is 66.4 Å². The average molecular weight is 297 g/mol. The first-order valence-corrected chi connectivity index (χ1v) is 7.68. The Morgan fingerprint density at radius 3 is 2.59 bits per heavy atom. The molecule has 0 aromatic heterocycles. The second kappa shape index (κ2) is 6.18. The van der Waals surface area contributed by atoms with Crippen molar-refractivity contribution in [2.75, 3.05) is 0 Å². The fraction of sp³-hybridized carbons (Fsp3) is 0.333. The highest BCUT2D eigenvalue weighted by atomic mass is 16.4. The van der Waals surface area contributed by atoms with E-state index in [1.54, 1.807) is 0 Å². The third-order valence-electron chi connectivity index (χ3n) is 4.31. The number of hydrogen-bond donors (Lipinski definition) is 2. The smallest absolute Gasteiger partial charge is 0.303 e. The fourth-order valence-corrected chi connectivity index (χ4v) is 2.87. The van der Waals surface area contributed by atoms with Gasteiger partial charge < -0.3 is 10.4 Å². The molecule has 1 aliphatic carbocycles. The van der Waals surface area contributed by atoms with Gasteiger partial charge in [-0.2, -0.15) is 0 Å². The summed E-state index contributed by atoms with van der Waals surface area (Å²) in [5, 5.41) is 14.0. The molecule has 0 radical (unpaired) electrons. The van der Waals surface area contributed by atoms with Crippen LogP contribution in [0, 0.1) is 0 Å². The van der Waals surface area contributed by atoms with Crippen LogP contribution >= 0.6 is 0 Å². The molecule has 2 N–H and O–H groups in total. The summed E-state index contributed by atoms with van der Waals surface area (Å²) < 4.78 is 0. The van der Waals surface area contributed by atoms with Crippen LogP contribution in [0.1, 0.15) is 41.6 Å². The van der Waals surface area contributed by atoms with Crippen LogP contribution in [-0.4, -0.2) is 23.0 Å². The molecule has 1 amide bonds. The molecule has 0 bridgehead atoms. The van der Waals surface area contributed by atoms with Crippen molar-refractivity contribution >= 4 is 22.6 Å². The molecule has 1 aliphatic rings. The first kappa shape index (κ1) is 14.6. The molecule has 0 spiro atoms. The number of benzene rings is 2. The van der Waals surface area contributed by atoms with E-state index < -0.39 is 5.97 Å². The van der Waals surface area contributed by atoms with Crippen molar-refractivity contribution in [3.8, 4) is 0 Å². The molecule has 0 heterocycles. The number of carbonyl (C=O) groups excluding carboxylic acids is 1. The zero-order valence-electron chi connectivity index (χ0n) is 12.3. The zero-order valence-corrected chi connectivity index (χ0v) is 12.3. The minimum absolute atomic E-state index is 0.0255. The van der Waals surface area contributed by atoms with Gasteiger partial charge in [0.25, 0.3) is 5.91 Å². The Bertz CT molecular complexity index is 719. The Morgan fingerprint density at radius 2 is 1.91 bits per heavy atom. The first-order valence-electron chi connectivity index (χ1n) is 7.68. The second-order valence-electron chi connectivity index (χ2n) is 5.81. The Hall–Kier alpha value is -2.36. The van der Waals surface area contributed by atoms with Gasteiger partial charge in [-0.25, -0.2) is 0 Å². The first-order chi connectivity index (χ1) is 10.6. The third kappa shape index (κ3) is 2.96. The van der Waals surface area contributed by atoms with Crippen molar-refractivity contribution in [2.24, 2.45) is 0 Å². The van der Waals surface area contributed by atoms with E-state index in [-0.39, 0.29) is 18.4 Å². The van der Waals surface area contributed by atoms with E-state index in [4.69, 9.17) is 5.11 Å². The summed E-state index contributed by atoms with van der Waals surface area (Å²) in [5.41, 5.74) is 1.43. The van der Waals surface area contributed by atoms with Crippen molar-refractivity contribution in [3.05, 3.63) is 47.5 Å². The Labute approximate surface area is 129 Å². The van der Waals surface area contributed by atoms with Crippen LogP contribution in [0.25, 0.3) is 10.8 Å². The second-order valence-corrected chi connectivity index (χ2v) is 5.81. The number of hydrogen-bond acceptors (Lipinski definition) is 2. The number of aliphatic carboxylic acids is 1. The lowest BCUT2D eigenvalue weighted by atomic mass is 9.91. The van der Waals surface area contributed by atoms with Gasteiger partial charge in [-0.1, -0.05) is 30.3 Å². The maximum absolute atomic E-state index is 12.5. The van der Waals surface area contributed by atoms with E-state index in [0.29, 0.717) is 12.0 Å². The highest BCUT2D eigenvalue weighted by Crippen LogP contribution is 2.25. The highest BCUT2D eigenvalue weighted by molar-refractivity contribution is 6.01. The molecule has 2 aromatic carbocycles. The fourth-order valence-electron chi connectivity index (χ4n) is 2.87. The summed E-state index contributed by atoms with van der Waals surface area (Å²) >= 11 is 0. The number of rotatable bonds is 5. The van der Waals surface area contributed by atoms with Crippen LogP contribution in [0.15, 0.2) is 36.4 Å². The number of fused-ring (bicyclic) bond motifs is 1. The standard InChI is InChI=1S/C18H19NO3/c20-17(21)11-10-15-14-7-2-1-4-12(14)8-9-16(15)18(22)19-13-5-3-6-13/h1-2,4,7-9,13H,3,5-6,10-11H2,(H,19,22)(H,20,21). The predicted octanol–water partition coefficient (Wildman–Crippen LogP) is 3.14. The molecule has 22 heavy (non-hydrogen) atoms. The van der Waals surface area contributed by atoms with E-state index in [1.807, 2.05) is 36.4 Å². The number of carbonyl (C=O) groups is 2. The van der Waals surface area contributed by atoms with Gasteiger partial charge >= 0.3 is 5.97 Å². The highest BCUT2D eigenvalue weighted by Gasteiger charge is 2.22. The van der Waals surface area contributed by atoms with Crippen molar-refractivity contribution in [1.82, 2.24) is 5.32 Å². The Morgan fingerprint density at radius 1 is 1.14 bits per heavy atom. The zero-order chi connectivity index (χ0) is 15.5. The summed E-state index contributed by atoms with van der Waals surface area (Å²) in [6, 6.07) is 11.8. The van der Waals surface area contributed by atoms with Gasteiger partial charge in [-0.3, -0.25) is 9.59 Å². The quantitative estimate of drug-likeness (QED) is 0.891. The van der Waals surface area contributed by atoms with Crippen molar-refractivity contribution in [3.63, 3.8) is 0 Å². The van der Waals surface area contributed by atoms with Crippen LogP contribution in [0.5, 0.6) is 0 Å². The molecule has 1 saturated carbocycles. The minimum Gasteiger partial charge on any atom is -0.481 e. The lowest BCUT2D eigenvalue weighted by Gasteiger charge is -2.27. The lowest BCUT2D eigenvalue weighted by Crippen LogP contribution is -2.39. The summed E-state index contributed by atoms with van der Waals surface area (Å²) in [6.07, 6.45) is 3.62. The number of carboxylic acids is 1. The van der Waals surface area contributed by atoms with Crippen LogP contribution in [0.4, 0.5) is 0 Å². The van der Waals surface area contributed by atoms with Gasteiger partial charge in [0.15, 0.2) is 0 Å². The Balaban J connectivity index is 1.97. The van der Waals surface area contributed by atoms with Crippen molar-refractivity contribution in [2.45, 2.75) is 38.1 Å². The Kier molecular flexibility index (Phi) is 4.09. The minimum atomic E-state index is -0.849. The number of carboxylic acid groups (broad SMARTS) is 1. The van der Waals surface area contributed by atoms with Gasteiger partial charge in [0.05, 0.1) is 0 Å². The third-order valence-corrected chi connectivity index (χ3v) is 4.31. The van der Waals surface area contributed by atoms with Gasteiger partial charge in [0.2, 0.25) is 0 Å². The molecule has 3 rings (SSSR count). The van der Waals surface area contributed by atoms with Crippen molar-refractivity contribution in [1.29, 1.82) is 0 Å². The van der Waals surface area contributed by atoms with E-state index in [0.717, 1.165) is 35.6 Å². The summed E-state index contributed by atoms with van der Waals surface area (Å²) in [5.74, 6) is -0.936. The molecule has 4 heteroatoms. The van der Waals surface area contributed by atoms with E-state index in [2.05, 4.69) is 5.32 Å².